The van der Waals surface area contributed by atoms with Gasteiger partial charge < -0.3 is 10.2 Å². The topological polar surface area (TPSA) is 106 Å². The number of anilines is 2. The zero-order valence-corrected chi connectivity index (χ0v) is 20.6. The van der Waals surface area contributed by atoms with Crippen LogP contribution in [0.25, 0.3) is 16.7 Å². The maximum Gasteiger partial charge on any atom is 0.293 e. The Morgan fingerprint density at radius 1 is 1.00 bits per heavy atom. The van der Waals surface area contributed by atoms with Crippen molar-refractivity contribution in [3.05, 3.63) is 81.4 Å². The number of carbonyl (C=O) groups is 1. The van der Waals surface area contributed by atoms with E-state index in [-0.39, 0.29) is 11.3 Å². The third-order valence-electron chi connectivity index (χ3n) is 6.65. The molecule has 9 nitrogen and oxygen atoms in total. The van der Waals surface area contributed by atoms with Gasteiger partial charge in [0.15, 0.2) is 0 Å². The zero-order chi connectivity index (χ0) is 25.4. The van der Waals surface area contributed by atoms with Crippen LogP contribution in [-0.2, 0) is 0 Å². The number of nitrogens with one attached hydrogen (secondary N) is 1. The molecule has 36 heavy (non-hydrogen) atoms. The first-order valence-corrected chi connectivity index (χ1v) is 12.1. The fourth-order valence-electron chi connectivity index (χ4n) is 4.54. The summed E-state index contributed by atoms with van der Waals surface area (Å²) in [7, 11) is 0. The monoisotopic (exact) mass is 484 g/mol. The van der Waals surface area contributed by atoms with E-state index in [1.165, 1.54) is 11.6 Å². The van der Waals surface area contributed by atoms with E-state index in [4.69, 9.17) is 0 Å². The number of rotatable bonds is 6. The minimum atomic E-state index is -0.423. The van der Waals surface area contributed by atoms with Crippen LogP contribution in [0.3, 0.4) is 0 Å². The number of carbonyl (C=O) groups excluding carboxylic acids is 1. The molecule has 9 heteroatoms. The molecule has 1 fully saturated rings. The van der Waals surface area contributed by atoms with Crippen LogP contribution in [0, 0.1) is 17.0 Å². The summed E-state index contributed by atoms with van der Waals surface area (Å²) in [5, 5.41) is 23.8. The summed E-state index contributed by atoms with van der Waals surface area (Å²) in [5.41, 5.74) is 5.59. The minimum Gasteiger partial charge on any atom is -0.366 e. The quantitative estimate of drug-likeness (QED) is 0.281. The van der Waals surface area contributed by atoms with Gasteiger partial charge in [0, 0.05) is 30.4 Å². The molecular weight excluding hydrogens is 456 g/mol. The molecule has 0 unspecified atom stereocenters. The van der Waals surface area contributed by atoms with Crippen molar-refractivity contribution >= 4 is 34.0 Å². The van der Waals surface area contributed by atoms with Gasteiger partial charge in [-0.1, -0.05) is 26.0 Å². The molecule has 1 aliphatic heterocycles. The summed E-state index contributed by atoms with van der Waals surface area (Å²) in [4.78, 5) is 27.9. The number of amides is 1. The summed E-state index contributed by atoms with van der Waals surface area (Å²) in [5.74, 6) is 0.0283. The number of hydrogen-bond donors (Lipinski definition) is 1. The molecule has 4 aromatic rings. The highest BCUT2D eigenvalue weighted by Gasteiger charge is 2.24. The SMILES string of the molecule is Cc1cc2nn(-c3ccc(C(C)C)cc3)nc2cc1NC(=O)c1ccc(N2CCCC2)c([N+](=O)[O-])c1. The number of aryl methyl sites for hydroxylation is 1. The molecule has 0 bridgehead atoms. The van der Waals surface area contributed by atoms with Crippen molar-refractivity contribution < 1.29 is 9.72 Å². The van der Waals surface area contributed by atoms with E-state index >= 15 is 0 Å². The number of nitro benzene ring substituents is 1. The van der Waals surface area contributed by atoms with Crippen LogP contribution in [0.4, 0.5) is 17.1 Å². The second-order valence-corrected chi connectivity index (χ2v) is 9.50. The van der Waals surface area contributed by atoms with E-state index in [0.29, 0.717) is 28.3 Å². The first-order chi connectivity index (χ1) is 17.3. The Kier molecular flexibility index (Phi) is 6.13. The second-order valence-electron chi connectivity index (χ2n) is 9.50. The molecule has 1 aliphatic rings. The van der Waals surface area contributed by atoms with Gasteiger partial charge in [0.1, 0.15) is 16.7 Å². The molecule has 184 valence electrons. The van der Waals surface area contributed by atoms with Crippen LogP contribution in [0.15, 0.2) is 54.6 Å². The standard InChI is InChI=1S/C27H28N6O3/c1-17(2)19-6-9-21(10-7-19)32-29-23-14-18(3)22(16-24(23)30-32)28-27(34)20-8-11-25(26(15-20)33(35)36)31-12-4-5-13-31/h6-11,14-17H,4-5,12-13H2,1-3H3,(H,28,34). The third kappa shape index (κ3) is 4.51. The predicted molar refractivity (Wildman–Crippen MR) is 140 cm³/mol. The summed E-state index contributed by atoms with van der Waals surface area (Å²) in [6.45, 7) is 7.75. The van der Waals surface area contributed by atoms with Gasteiger partial charge in [-0.3, -0.25) is 14.9 Å². The highest BCUT2D eigenvalue weighted by Crippen LogP contribution is 2.32. The third-order valence-corrected chi connectivity index (χ3v) is 6.65. The van der Waals surface area contributed by atoms with E-state index in [0.717, 1.165) is 37.2 Å². The molecule has 1 saturated heterocycles. The van der Waals surface area contributed by atoms with Crippen LogP contribution < -0.4 is 10.2 Å². The van der Waals surface area contributed by atoms with Crippen LogP contribution >= 0.6 is 0 Å². The van der Waals surface area contributed by atoms with Crippen molar-refractivity contribution in [1.82, 2.24) is 15.0 Å². The highest BCUT2D eigenvalue weighted by atomic mass is 16.6. The fourth-order valence-corrected chi connectivity index (χ4v) is 4.54. The lowest BCUT2D eigenvalue weighted by Gasteiger charge is -2.18. The van der Waals surface area contributed by atoms with Gasteiger partial charge in [-0.2, -0.15) is 4.80 Å². The van der Waals surface area contributed by atoms with Gasteiger partial charge in [0.25, 0.3) is 11.6 Å². The minimum absolute atomic E-state index is 0.0526. The molecule has 0 atom stereocenters. The molecule has 0 radical (unpaired) electrons. The highest BCUT2D eigenvalue weighted by molar-refractivity contribution is 6.06. The second kappa shape index (κ2) is 9.41. The Balaban J connectivity index is 1.40. The van der Waals surface area contributed by atoms with Gasteiger partial charge in [-0.05, 0) is 73.2 Å². The molecule has 1 aromatic heterocycles. The summed E-state index contributed by atoms with van der Waals surface area (Å²) in [6.07, 6.45) is 2.02. The van der Waals surface area contributed by atoms with E-state index in [2.05, 4.69) is 41.5 Å². The van der Waals surface area contributed by atoms with Crippen LogP contribution in [0.2, 0.25) is 0 Å². The smallest absolute Gasteiger partial charge is 0.293 e. The molecule has 0 aliphatic carbocycles. The predicted octanol–water partition coefficient (Wildman–Crippen LogP) is 5.61. The number of hydrogen-bond acceptors (Lipinski definition) is 6. The van der Waals surface area contributed by atoms with Gasteiger partial charge in [-0.15, -0.1) is 10.2 Å². The number of nitro groups is 1. The molecule has 2 heterocycles. The van der Waals surface area contributed by atoms with E-state index in [1.807, 2.05) is 30.0 Å². The van der Waals surface area contributed by atoms with Gasteiger partial charge in [0.2, 0.25) is 0 Å². The van der Waals surface area contributed by atoms with E-state index < -0.39 is 10.8 Å². The van der Waals surface area contributed by atoms with Gasteiger partial charge >= 0.3 is 0 Å². The Bertz CT molecular complexity index is 1450. The summed E-state index contributed by atoms with van der Waals surface area (Å²) < 4.78 is 0. The van der Waals surface area contributed by atoms with Gasteiger partial charge in [0.05, 0.1) is 10.6 Å². The van der Waals surface area contributed by atoms with Crippen LogP contribution in [-0.4, -0.2) is 38.9 Å². The largest absolute Gasteiger partial charge is 0.366 e. The average Bonchev–Trinajstić information content (AvgIpc) is 3.54. The molecule has 0 spiro atoms. The normalized spacial score (nSPS) is 13.5. The Labute approximate surface area is 208 Å². The number of nitrogens with zero attached hydrogens (tertiary/aromatic N) is 5. The fraction of sp³-hybridized carbons (Fsp3) is 0.296. The maximum absolute atomic E-state index is 13.0. The summed E-state index contributed by atoms with van der Waals surface area (Å²) in [6, 6.07) is 16.4. The maximum atomic E-state index is 13.0. The Hall–Kier alpha value is -4.27. The van der Waals surface area contributed by atoms with E-state index in [1.54, 1.807) is 23.0 Å². The Morgan fingerprint density at radius 3 is 2.31 bits per heavy atom. The molecule has 5 rings (SSSR count). The first-order valence-electron chi connectivity index (χ1n) is 12.1. The van der Waals surface area contributed by atoms with Crippen molar-refractivity contribution in [3.63, 3.8) is 0 Å². The van der Waals surface area contributed by atoms with Crippen molar-refractivity contribution in [3.8, 4) is 5.69 Å². The van der Waals surface area contributed by atoms with Crippen LogP contribution in [0.1, 0.15) is 54.1 Å². The van der Waals surface area contributed by atoms with E-state index in [9.17, 15) is 14.9 Å². The van der Waals surface area contributed by atoms with Crippen molar-refractivity contribution in [2.24, 2.45) is 0 Å². The van der Waals surface area contributed by atoms with Crippen molar-refractivity contribution in [2.75, 3.05) is 23.3 Å². The molecule has 0 saturated carbocycles. The first kappa shape index (κ1) is 23.5. The van der Waals surface area contributed by atoms with Gasteiger partial charge in [-0.25, -0.2) is 0 Å². The Morgan fingerprint density at radius 2 is 1.67 bits per heavy atom. The van der Waals surface area contributed by atoms with Crippen molar-refractivity contribution in [2.45, 2.75) is 39.5 Å². The number of aromatic nitrogens is 3. The summed E-state index contributed by atoms with van der Waals surface area (Å²) >= 11 is 0. The molecule has 1 N–H and O–H groups in total. The lowest BCUT2D eigenvalue weighted by atomic mass is 10.0. The van der Waals surface area contributed by atoms with Crippen molar-refractivity contribution in [1.29, 1.82) is 0 Å². The van der Waals surface area contributed by atoms with Crippen LogP contribution in [0.5, 0.6) is 0 Å². The number of fused-ring (bicyclic) bond motifs is 1. The molecule has 1 amide bonds. The lowest BCUT2D eigenvalue weighted by Crippen LogP contribution is -2.20. The molecule has 3 aromatic carbocycles. The number of benzene rings is 3. The average molecular weight is 485 g/mol. The molecular formula is C27H28N6O3. The zero-order valence-electron chi connectivity index (χ0n) is 20.6. The lowest BCUT2D eigenvalue weighted by molar-refractivity contribution is -0.384.